The van der Waals surface area contributed by atoms with E-state index in [-0.39, 0.29) is 5.91 Å². The predicted molar refractivity (Wildman–Crippen MR) is 99.3 cm³/mol. The van der Waals surface area contributed by atoms with E-state index < -0.39 is 6.03 Å². The van der Waals surface area contributed by atoms with Crippen LogP contribution in [0.4, 0.5) is 4.79 Å². The fourth-order valence-corrected chi connectivity index (χ4v) is 3.08. The maximum Gasteiger partial charge on any atom is 0.321 e. The third-order valence-corrected chi connectivity index (χ3v) is 4.61. The number of benzene rings is 1. The summed E-state index contributed by atoms with van der Waals surface area (Å²) in [6.07, 6.45) is 0. The molecule has 7 heteroatoms. The fourth-order valence-electron chi connectivity index (χ4n) is 3.08. The molecule has 0 unspecified atom stereocenters. The standard InChI is InChI=1S/C19H30N4O3/c1-15(2)12-20-19(25)21-18(24)14-23-10-8-22(9-11-23)13-16-4-6-17(26-3)7-5-16/h4-7,15H,8-14H2,1-3H3,(H2,20,21,24,25)/p+2. The van der Waals surface area contributed by atoms with Gasteiger partial charge in [-0.3, -0.25) is 10.1 Å². The van der Waals surface area contributed by atoms with Crippen molar-refractivity contribution in [3.63, 3.8) is 0 Å². The number of carbonyl (C=O) groups excluding carboxylic acids is 2. The Kier molecular flexibility index (Phi) is 7.87. The molecule has 0 aliphatic carbocycles. The second-order valence-electron chi connectivity index (χ2n) is 7.35. The third kappa shape index (κ3) is 7.01. The van der Waals surface area contributed by atoms with Gasteiger partial charge in [0.15, 0.2) is 6.54 Å². The maximum atomic E-state index is 12.0. The number of imide groups is 1. The summed E-state index contributed by atoms with van der Waals surface area (Å²) in [5, 5.41) is 5.12. The predicted octanol–water partition coefficient (Wildman–Crippen LogP) is -1.54. The number of rotatable bonds is 7. The lowest BCUT2D eigenvalue weighted by Gasteiger charge is -2.29. The number of piperazine rings is 1. The van der Waals surface area contributed by atoms with Crippen molar-refractivity contribution < 1.29 is 24.1 Å². The number of methoxy groups -OCH3 is 1. The number of carbonyl (C=O) groups is 2. The van der Waals surface area contributed by atoms with E-state index in [1.807, 2.05) is 26.0 Å². The monoisotopic (exact) mass is 364 g/mol. The Bertz CT molecular complexity index is 581. The van der Waals surface area contributed by atoms with Crippen LogP contribution >= 0.6 is 0 Å². The summed E-state index contributed by atoms with van der Waals surface area (Å²) in [6.45, 7) is 9.85. The molecule has 0 saturated carbocycles. The van der Waals surface area contributed by atoms with E-state index in [0.717, 1.165) is 38.5 Å². The molecule has 3 amide bonds. The number of ether oxygens (including phenoxy) is 1. The van der Waals surface area contributed by atoms with Crippen LogP contribution in [-0.4, -0.2) is 58.3 Å². The minimum atomic E-state index is -0.396. The molecular weight excluding hydrogens is 332 g/mol. The highest BCUT2D eigenvalue weighted by Crippen LogP contribution is 2.10. The SMILES string of the molecule is COc1ccc(C[NH+]2CC[NH+](CC(=O)NC(=O)NCC(C)C)CC2)cc1. The smallest absolute Gasteiger partial charge is 0.321 e. The largest absolute Gasteiger partial charge is 0.497 e. The number of urea groups is 1. The summed E-state index contributed by atoms with van der Waals surface area (Å²) in [4.78, 5) is 26.4. The highest BCUT2D eigenvalue weighted by molar-refractivity contribution is 5.94. The molecule has 0 aromatic heterocycles. The molecule has 1 aliphatic rings. The molecule has 144 valence electrons. The molecule has 0 radical (unpaired) electrons. The summed E-state index contributed by atoms with van der Waals surface area (Å²) in [7, 11) is 1.67. The first-order valence-corrected chi connectivity index (χ1v) is 9.34. The highest BCUT2D eigenvalue weighted by atomic mass is 16.5. The molecule has 2 rings (SSSR count). The normalized spacial score (nSPS) is 19.8. The molecule has 4 N–H and O–H groups in total. The Hall–Kier alpha value is -2.12. The summed E-state index contributed by atoms with van der Waals surface area (Å²) >= 11 is 0. The van der Waals surface area contributed by atoms with Gasteiger partial charge in [0.1, 0.15) is 38.5 Å². The van der Waals surface area contributed by atoms with Gasteiger partial charge in [-0.05, 0) is 30.2 Å². The van der Waals surface area contributed by atoms with Crippen LogP contribution < -0.4 is 25.2 Å². The number of nitrogens with one attached hydrogen (secondary N) is 4. The number of hydrogen-bond acceptors (Lipinski definition) is 3. The molecule has 1 fully saturated rings. The zero-order valence-electron chi connectivity index (χ0n) is 16.1. The zero-order valence-corrected chi connectivity index (χ0v) is 16.1. The van der Waals surface area contributed by atoms with Gasteiger partial charge in [0, 0.05) is 12.1 Å². The molecule has 1 aromatic rings. The van der Waals surface area contributed by atoms with Crippen molar-refractivity contribution in [3.05, 3.63) is 29.8 Å². The first kappa shape index (κ1) is 20.2. The van der Waals surface area contributed by atoms with Crippen LogP contribution in [-0.2, 0) is 11.3 Å². The van der Waals surface area contributed by atoms with Crippen LogP contribution in [0.3, 0.4) is 0 Å². The molecule has 0 atom stereocenters. The lowest BCUT2D eigenvalue weighted by atomic mass is 10.2. The Balaban J connectivity index is 1.67. The number of quaternary nitrogens is 2. The van der Waals surface area contributed by atoms with E-state index in [1.165, 1.54) is 15.4 Å². The molecule has 1 saturated heterocycles. The van der Waals surface area contributed by atoms with Gasteiger partial charge in [0.05, 0.1) is 7.11 Å². The Labute approximate surface area is 155 Å². The van der Waals surface area contributed by atoms with Crippen LogP contribution in [0.5, 0.6) is 5.75 Å². The van der Waals surface area contributed by atoms with Crippen molar-refractivity contribution in [2.45, 2.75) is 20.4 Å². The van der Waals surface area contributed by atoms with Crippen molar-refractivity contribution in [1.29, 1.82) is 0 Å². The lowest BCUT2D eigenvalue weighted by molar-refractivity contribution is -1.02. The quantitative estimate of drug-likeness (QED) is 0.474. The van der Waals surface area contributed by atoms with Crippen molar-refractivity contribution in [3.8, 4) is 5.75 Å². The van der Waals surface area contributed by atoms with E-state index >= 15 is 0 Å². The van der Waals surface area contributed by atoms with Crippen molar-refractivity contribution in [1.82, 2.24) is 10.6 Å². The van der Waals surface area contributed by atoms with Crippen LogP contribution in [0.25, 0.3) is 0 Å². The topological polar surface area (TPSA) is 76.3 Å². The molecule has 1 aliphatic heterocycles. The van der Waals surface area contributed by atoms with E-state index in [1.54, 1.807) is 7.11 Å². The first-order valence-electron chi connectivity index (χ1n) is 9.34. The summed E-state index contributed by atoms with van der Waals surface area (Å²) in [6, 6.07) is 7.80. The van der Waals surface area contributed by atoms with Crippen LogP contribution in [0.2, 0.25) is 0 Å². The van der Waals surface area contributed by atoms with Gasteiger partial charge in [-0.15, -0.1) is 0 Å². The van der Waals surface area contributed by atoms with Crippen LogP contribution in [0.15, 0.2) is 24.3 Å². The summed E-state index contributed by atoms with van der Waals surface area (Å²) < 4.78 is 5.19. The third-order valence-electron chi connectivity index (χ3n) is 4.61. The van der Waals surface area contributed by atoms with Gasteiger partial charge in [-0.2, -0.15) is 0 Å². The van der Waals surface area contributed by atoms with E-state index in [9.17, 15) is 9.59 Å². The van der Waals surface area contributed by atoms with Gasteiger partial charge < -0.3 is 19.9 Å². The number of amides is 3. The van der Waals surface area contributed by atoms with Gasteiger partial charge in [-0.1, -0.05) is 13.8 Å². The molecule has 26 heavy (non-hydrogen) atoms. The van der Waals surface area contributed by atoms with Gasteiger partial charge in [0.2, 0.25) is 0 Å². The van der Waals surface area contributed by atoms with Crippen molar-refractivity contribution >= 4 is 11.9 Å². The molecule has 1 heterocycles. The summed E-state index contributed by atoms with van der Waals surface area (Å²) in [5.74, 6) is 1.03. The molecule has 0 spiro atoms. The van der Waals surface area contributed by atoms with Crippen molar-refractivity contribution in [2.75, 3.05) is 46.4 Å². The van der Waals surface area contributed by atoms with Gasteiger partial charge in [0.25, 0.3) is 5.91 Å². The Morgan fingerprint density at radius 1 is 1.08 bits per heavy atom. The second-order valence-corrected chi connectivity index (χ2v) is 7.35. The van der Waals surface area contributed by atoms with Gasteiger partial charge in [-0.25, -0.2) is 4.79 Å². The lowest BCUT2D eigenvalue weighted by Crippen LogP contribution is -3.28. The Morgan fingerprint density at radius 3 is 2.27 bits per heavy atom. The minimum Gasteiger partial charge on any atom is -0.497 e. The average molecular weight is 364 g/mol. The minimum absolute atomic E-state index is 0.208. The summed E-state index contributed by atoms with van der Waals surface area (Å²) in [5.41, 5.74) is 1.30. The van der Waals surface area contributed by atoms with Crippen LogP contribution in [0, 0.1) is 5.92 Å². The average Bonchev–Trinajstić information content (AvgIpc) is 2.62. The Morgan fingerprint density at radius 2 is 1.69 bits per heavy atom. The van der Waals surface area contributed by atoms with E-state index in [4.69, 9.17) is 4.74 Å². The molecule has 0 bridgehead atoms. The fraction of sp³-hybridized carbons (Fsp3) is 0.579. The molecule has 1 aromatic carbocycles. The van der Waals surface area contributed by atoms with Gasteiger partial charge >= 0.3 is 6.03 Å². The molecular formula is C19H32N4O3+2. The van der Waals surface area contributed by atoms with Crippen molar-refractivity contribution in [2.24, 2.45) is 5.92 Å². The molecule has 7 nitrogen and oxygen atoms in total. The van der Waals surface area contributed by atoms with Crippen LogP contribution in [0.1, 0.15) is 19.4 Å². The van der Waals surface area contributed by atoms with E-state index in [0.29, 0.717) is 19.0 Å². The first-order chi connectivity index (χ1) is 12.5. The maximum absolute atomic E-state index is 12.0. The highest BCUT2D eigenvalue weighted by Gasteiger charge is 2.25. The number of hydrogen-bond donors (Lipinski definition) is 4. The second kappa shape index (κ2) is 10.1. The zero-order chi connectivity index (χ0) is 18.9. The van der Waals surface area contributed by atoms with E-state index in [2.05, 4.69) is 22.8 Å².